The molecule has 1 heterocycles. The van der Waals surface area contributed by atoms with Crippen molar-refractivity contribution in [2.75, 3.05) is 13.1 Å². The fourth-order valence-electron chi connectivity index (χ4n) is 2.53. The van der Waals surface area contributed by atoms with Crippen molar-refractivity contribution >= 4 is 28.6 Å². The number of fused-ring (bicyclic) bond motifs is 1. The molecule has 0 fully saturated rings. The van der Waals surface area contributed by atoms with Crippen LogP contribution in [0.15, 0.2) is 30.5 Å². The molecular weight excluding hydrogens is 365 g/mol. The largest absolute Gasteiger partial charge is 0.405 e. The summed E-state index contributed by atoms with van der Waals surface area (Å²) in [6.45, 7) is -0.864. The number of hydrogen-bond donors (Lipinski definition) is 4. The van der Waals surface area contributed by atoms with E-state index in [1.54, 1.807) is 11.5 Å². The van der Waals surface area contributed by atoms with E-state index in [0.717, 1.165) is 16.5 Å². The fraction of sp³-hybridized carbons (Fsp3) is 0.353. The Kier molecular flexibility index (Phi) is 6.43. The van der Waals surface area contributed by atoms with Crippen LogP contribution in [0.2, 0.25) is 0 Å². The number of nitrogens with one attached hydrogen (secondary N) is 4. The Morgan fingerprint density at radius 2 is 1.85 bits per heavy atom. The highest BCUT2D eigenvalue weighted by atomic mass is 19.4. The van der Waals surface area contributed by atoms with Gasteiger partial charge in [-0.2, -0.15) is 13.2 Å². The van der Waals surface area contributed by atoms with Crippen molar-refractivity contribution in [2.24, 2.45) is 0 Å². The summed E-state index contributed by atoms with van der Waals surface area (Å²) >= 11 is 0. The fourth-order valence-corrected chi connectivity index (χ4v) is 2.53. The highest BCUT2D eigenvalue weighted by Crippen LogP contribution is 2.19. The minimum Gasteiger partial charge on any atom is -0.361 e. The molecule has 146 valence electrons. The molecule has 0 spiro atoms. The third-order valence-electron chi connectivity index (χ3n) is 3.70. The molecule has 2 rings (SSSR count). The van der Waals surface area contributed by atoms with Crippen LogP contribution in [0.3, 0.4) is 0 Å². The van der Waals surface area contributed by atoms with Crippen LogP contribution in [-0.4, -0.2) is 48.0 Å². The van der Waals surface area contributed by atoms with E-state index in [1.807, 2.05) is 24.3 Å². The summed E-state index contributed by atoms with van der Waals surface area (Å²) in [5, 5.41) is 7.26. The summed E-state index contributed by atoms with van der Waals surface area (Å²) in [7, 11) is 0. The van der Waals surface area contributed by atoms with Gasteiger partial charge in [-0.05, 0) is 11.6 Å². The standard InChI is InChI=1S/C17H19F3N4O3/c1-10(25)24-14(6-11-7-21-13-5-3-2-4-12(11)13)16(27)22-8-15(26)23-9-17(18,19)20/h2-5,7,14,21H,6,8-9H2,1H3,(H,22,27)(H,23,26)(H,24,25). The van der Waals surface area contributed by atoms with E-state index in [-0.39, 0.29) is 6.42 Å². The Balaban J connectivity index is 1.99. The molecular formula is C17H19F3N4O3. The first-order chi connectivity index (χ1) is 12.7. The van der Waals surface area contributed by atoms with Crippen LogP contribution in [0.25, 0.3) is 10.9 Å². The third kappa shape index (κ3) is 6.32. The number of carbonyl (C=O) groups excluding carboxylic acids is 3. The minimum absolute atomic E-state index is 0.152. The second-order valence-corrected chi connectivity index (χ2v) is 5.93. The lowest BCUT2D eigenvalue weighted by molar-refractivity contribution is -0.138. The minimum atomic E-state index is -4.53. The molecule has 0 saturated carbocycles. The van der Waals surface area contributed by atoms with Gasteiger partial charge in [-0.1, -0.05) is 18.2 Å². The molecule has 7 nitrogen and oxygen atoms in total. The maximum absolute atomic E-state index is 12.3. The van der Waals surface area contributed by atoms with E-state index >= 15 is 0 Å². The quantitative estimate of drug-likeness (QED) is 0.573. The molecule has 1 aromatic heterocycles. The molecule has 0 bridgehead atoms. The van der Waals surface area contributed by atoms with E-state index in [0.29, 0.717) is 0 Å². The van der Waals surface area contributed by atoms with Crippen molar-refractivity contribution in [1.82, 2.24) is 20.9 Å². The lowest BCUT2D eigenvalue weighted by Crippen LogP contribution is -2.50. The summed E-state index contributed by atoms with van der Waals surface area (Å²) in [5.41, 5.74) is 1.64. The van der Waals surface area contributed by atoms with Gasteiger partial charge in [0.25, 0.3) is 0 Å². The molecule has 0 radical (unpaired) electrons. The predicted octanol–water partition coefficient (Wildman–Crippen LogP) is 1.01. The topological polar surface area (TPSA) is 103 Å². The van der Waals surface area contributed by atoms with E-state index < -0.39 is 43.0 Å². The highest BCUT2D eigenvalue weighted by molar-refractivity contribution is 5.91. The Bertz CT molecular complexity index is 832. The normalized spacial score (nSPS) is 12.4. The molecule has 0 aliphatic carbocycles. The number of aromatic amines is 1. The van der Waals surface area contributed by atoms with Crippen LogP contribution in [0.5, 0.6) is 0 Å². The summed E-state index contributed by atoms with van der Waals surface area (Å²) in [6.07, 6.45) is -2.67. The van der Waals surface area contributed by atoms with Crippen molar-refractivity contribution in [3.05, 3.63) is 36.0 Å². The summed E-state index contributed by atoms with van der Waals surface area (Å²) < 4.78 is 36.2. The summed E-state index contributed by atoms with van der Waals surface area (Å²) in [6, 6.07) is 6.42. The van der Waals surface area contributed by atoms with Gasteiger partial charge < -0.3 is 20.9 Å². The van der Waals surface area contributed by atoms with E-state index in [9.17, 15) is 27.6 Å². The van der Waals surface area contributed by atoms with Gasteiger partial charge in [0.1, 0.15) is 12.6 Å². The molecule has 0 saturated heterocycles. The maximum Gasteiger partial charge on any atom is 0.405 e. The number of para-hydroxylation sites is 1. The van der Waals surface area contributed by atoms with Gasteiger partial charge in [0.05, 0.1) is 6.54 Å². The number of amides is 3. The molecule has 2 aromatic rings. The van der Waals surface area contributed by atoms with E-state index in [1.165, 1.54) is 6.92 Å². The monoisotopic (exact) mass is 384 g/mol. The second kappa shape index (κ2) is 8.56. The van der Waals surface area contributed by atoms with Gasteiger partial charge >= 0.3 is 6.18 Å². The Morgan fingerprint density at radius 3 is 2.52 bits per heavy atom. The Labute approximate surface area is 152 Å². The zero-order valence-corrected chi connectivity index (χ0v) is 14.4. The zero-order valence-electron chi connectivity index (χ0n) is 14.4. The highest BCUT2D eigenvalue weighted by Gasteiger charge is 2.28. The third-order valence-corrected chi connectivity index (χ3v) is 3.70. The van der Waals surface area contributed by atoms with Crippen LogP contribution in [-0.2, 0) is 20.8 Å². The van der Waals surface area contributed by atoms with Gasteiger partial charge in [0.2, 0.25) is 17.7 Å². The first-order valence-electron chi connectivity index (χ1n) is 8.09. The van der Waals surface area contributed by atoms with Gasteiger partial charge in [0, 0.05) is 30.4 Å². The molecule has 1 aromatic carbocycles. The average Bonchev–Trinajstić information content (AvgIpc) is 2.99. The van der Waals surface area contributed by atoms with Crippen LogP contribution >= 0.6 is 0 Å². The van der Waals surface area contributed by atoms with Gasteiger partial charge in [-0.25, -0.2) is 0 Å². The number of hydrogen-bond acceptors (Lipinski definition) is 3. The van der Waals surface area contributed by atoms with Crippen molar-refractivity contribution in [2.45, 2.75) is 25.6 Å². The molecule has 0 aliphatic rings. The number of rotatable bonds is 7. The molecule has 0 aliphatic heterocycles. The van der Waals surface area contributed by atoms with Crippen LogP contribution in [0.4, 0.5) is 13.2 Å². The van der Waals surface area contributed by atoms with Crippen molar-refractivity contribution in [3.63, 3.8) is 0 Å². The Morgan fingerprint density at radius 1 is 1.15 bits per heavy atom. The molecule has 4 N–H and O–H groups in total. The molecule has 1 atom stereocenters. The number of alkyl halides is 3. The molecule has 3 amide bonds. The van der Waals surface area contributed by atoms with Crippen LogP contribution in [0.1, 0.15) is 12.5 Å². The second-order valence-electron chi connectivity index (χ2n) is 5.93. The Hall–Kier alpha value is -3.04. The molecule has 27 heavy (non-hydrogen) atoms. The number of H-pyrrole nitrogens is 1. The lowest BCUT2D eigenvalue weighted by atomic mass is 10.0. The van der Waals surface area contributed by atoms with Crippen molar-refractivity contribution in [3.8, 4) is 0 Å². The van der Waals surface area contributed by atoms with Gasteiger partial charge in [-0.15, -0.1) is 0 Å². The van der Waals surface area contributed by atoms with E-state index in [4.69, 9.17) is 0 Å². The van der Waals surface area contributed by atoms with Crippen molar-refractivity contribution < 1.29 is 27.6 Å². The first kappa shape index (κ1) is 20.3. The first-order valence-corrected chi connectivity index (χ1v) is 8.09. The van der Waals surface area contributed by atoms with Crippen molar-refractivity contribution in [1.29, 1.82) is 0 Å². The zero-order chi connectivity index (χ0) is 20.0. The number of halogens is 3. The smallest absolute Gasteiger partial charge is 0.361 e. The average molecular weight is 384 g/mol. The van der Waals surface area contributed by atoms with Gasteiger partial charge in [-0.3, -0.25) is 14.4 Å². The SMILES string of the molecule is CC(=O)NC(Cc1c[nH]c2ccccc12)C(=O)NCC(=O)NCC(F)(F)F. The summed E-state index contributed by atoms with van der Waals surface area (Å²) in [4.78, 5) is 38.2. The number of aromatic nitrogens is 1. The molecule has 10 heteroatoms. The summed E-state index contributed by atoms with van der Waals surface area (Å²) in [5.74, 6) is -2.09. The van der Waals surface area contributed by atoms with E-state index in [2.05, 4.69) is 15.6 Å². The van der Waals surface area contributed by atoms with Crippen LogP contribution < -0.4 is 16.0 Å². The lowest BCUT2D eigenvalue weighted by Gasteiger charge is -2.17. The predicted molar refractivity (Wildman–Crippen MR) is 91.7 cm³/mol. The number of carbonyl (C=O) groups is 3. The number of benzene rings is 1. The maximum atomic E-state index is 12.3. The van der Waals surface area contributed by atoms with Gasteiger partial charge in [0.15, 0.2) is 0 Å². The van der Waals surface area contributed by atoms with Crippen LogP contribution in [0, 0.1) is 0 Å². The molecule has 1 unspecified atom stereocenters.